The molecule has 1 saturated heterocycles. The third kappa shape index (κ3) is 6.07. The molecule has 1 aromatic rings. The van der Waals surface area contributed by atoms with E-state index in [4.69, 9.17) is 0 Å². The van der Waals surface area contributed by atoms with Crippen molar-refractivity contribution >= 4 is 5.91 Å². The summed E-state index contributed by atoms with van der Waals surface area (Å²) in [5.41, 5.74) is 0.168. The van der Waals surface area contributed by atoms with Gasteiger partial charge in [-0.25, -0.2) is 4.68 Å². The summed E-state index contributed by atoms with van der Waals surface area (Å²) < 4.78 is 1.38. The predicted octanol–water partition coefficient (Wildman–Crippen LogP) is 2.04. The van der Waals surface area contributed by atoms with Crippen LogP contribution in [-0.4, -0.2) is 46.8 Å². The first kappa shape index (κ1) is 18.6. The van der Waals surface area contributed by atoms with Crippen LogP contribution in [0.3, 0.4) is 0 Å². The molecule has 0 bridgehead atoms. The topological polar surface area (TPSA) is 67.2 Å². The number of carbonyl (C=O) groups excluding carboxylic acids is 1. The van der Waals surface area contributed by atoms with Crippen molar-refractivity contribution < 1.29 is 4.79 Å². The van der Waals surface area contributed by atoms with E-state index in [0.717, 1.165) is 25.8 Å². The molecule has 0 saturated carbocycles. The van der Waals surface area contributed by atoms with Crippen LogP contribution in [0, 0.1) is 0 Å². The fourth-order valence-electron chi connectivity index (χ4n) is 2.99. The SMILES string of the molecule is CCCCn1nc(C(=O)NCCCN2CCCCCC2)ccc1=O. The van der Waals surface area contributed by atoms with E-state index in [1.165, 1.54) is 55.6 Å². The van der Waals surface area contributed by atoms with Crippen molar-refractivity contribution in [3.63, 3.8) is 0 Å². The number of hydrogen-bond acceptors (Lipinski definition) is 4. The number of hydrogen-bond donors (Lipinski definition) is 1. The maximum atomic E-state index is 12.2. The molecule has 0 aromatic carbocycles. The van der Waals surface area contributed by atoms with E-state index in [2.05, 4.69) is 22.2 Å². The maximum Gasteiger partial charge on any atom is 0.271 e. The summed E-state index contributed by atoms with van der Waals surface area (Å²) in [6.45, 7) is 6.65. The highest BCUT2D eigenvalue weighted by molar-refractivity contribution is 5.91. The Hall–Kier alpha value is -1.69. The van der Waals surface area contributed by atoms with Gasteiger partial charge in [-0.05, 0) is 51.4 Å². The number of aryl methyl sites for hydroxylation is 1. The van der Waals surface area contributed by atoms with E-state index >= 15 is 0 Å². The van der Waals surface area contributed by atoms with Crippen LogP contribution in [0.1, 0.15) is 62.4 Å². The summed E-state index contributed by atoms with van der Waals surface area (Å²) >= 11 is 0. The van der Waals surface area contributed by atoms with Crippen LogP contribution in [0.4, 0.5) is 0 Å². The first-order valence-corrected chi connectivity index (χ1v) is 9.29. The Morgan fingerprint density at radius 2 is 1.88 bits per heavy atom. The van der Waals surface area contributed by atoms with Gasteiger partial charge >= 0.3 is 0 Å². The minimum atomic E-state index is -0.198. The van der Waals surface area contributed by atoms with Crippen LogP contribution in [0.25, 0.3) is 0 Å². The molecule has 6 nitrogen and oxygen atoms in total. The first-order chi connectivity index (χ1) is 11.7. The molecule has 1 amide bonds. The fraction of sp³-hybridized carbons (Fsp3) is 0.722. The summed E-state index contributed by atoms with van der Waals surface area (Å²) in [4.78, 5) is 26.4. The summed E-state index contributed by atoms with van der Waals surface area (Å²) in [6.07, 6.45) is 8.07. The lowest BCUT2D eigenvalue weighted by molar-refractivity contribution is 0.0944. The van der Waals surface area contributed by atoms with Gasteiger partial charge in [0.15, 0.2) is 0 Å². The van der Waals surface area contributed by atoms with Crippen LogP contribution in [0.5, 0.6) is 0 Å². The van der Waals surface area contributed by atoms with Crippen LogP contribution in [0.15, 0.2) is 16.9 Å². The number of amides is 1. The van der Waals surface area contributed by atoms with Crippen LogP contribution in [0.2, 0.25) is 0 Å². The zero-order chi connectivity index (χ0) is 17.2. The van der Waals surface area contributed by atoms with Gasteiger partial charge in [0.25, 0.3) is 11.5 Å². The summed E-state index contributed by atoms with van der Waals surface area (Å²) in [5, 5.41) is 7.09. The molecule has 0 unspecified atom stereocenters. The molecule has 1 N–H and O–H groups in total. The lowest BCUT2D eigenvalue weighted by Crippen LogP contribution is -2.32. The van der Waals surface area contributed by atoms with Crippen molar-refractivity contribution in [3.8, 4) is 0 Å². The van der Waals surface area contributed by atoms with Crippen LogP contribution >= 0.6 is 0 Å². The monoisotopic (exact) mass is 334 g/mol. The van der Waals surface area contributed by atoms with Crippen molar-refractivity contribution in [2.75, 3.05) is 26.2 Å². The largest absolute Gasteiger partial charge is 0.351 e. The highest BCUT2D eigenvalue weighted by Crippen LogP contribution is 2.09. The summed E-state index contributed by atoms with van der Waals surface area (Å²) in [5.74, 6) is -0.198. The number of nitrogens with one attached hydrogen (secondary N) is 1. The highest BCUT2D eigenvalue weighted by atomic mass is 16.2. The standard InChI is InChI=1S/C18H30N4O2/c1-2-3-15-22-17(23)10-9-16(20-22)18(24)19-11-8-14-21-12-6-4-5-7-13-21/h9-10H,2-8,11-15H2,1H3,(H,19,24). The second kappa shape index (κ2) is 10.2. The van der Waals surface area contributed by atoms with Crippen molar-refractivity contribution in [1.82, 2.24) is 20.0 Å². The zero-order valence-electron chi connectivity index (χ0n) is 14.8. The molecule has 6 heteroatoms. The second-order valence-electron chi connectivity index (χ2n) is 6.50. The number of aromatic nitrogens is 2. The van der Waals surface area contributed by atoms with Crippen molar-refractivity contribution in [2.24, 2.45) is 0 Å². The minimum Gasteiger partial charge on any atom is -0.351 e. The van der Waals surface area contributed by atoms with Crippen molar-refractivity contribution in [3.05, 3.63) is 28.2 Å². The molecule has 0 atom stereocenters. The second-order valence-corrected chi connectivity index (χ2v) is 6.50. The average molecular weight is 334 g/mol. The predicted molar refractivity (Wildman–Crippen MR) is 95.3 cm³/mol. The Balaban J connectivity index is 1.76. The molecule has 0 spiro atoms. The molecular formula is C18H30N4O2. The normalized spacial score (nSPS) is 15.9. The Labute approximate surface area is 144 Å². The molecule has 24 heavy (non-hydrogen) atoms. The van der Waals surface area contributed by atoms with Gasteiger partial charge in [0.2, 0.25) is 0 Å². The van der Waals surface area contributed by atoms with Gasteiger partial charge in [-0.2, -0.15) is 5.10 Å². The van der Waals surface area contributed by atoms with E-state index in [9.17, 15) is 9.59 Å². The van der Waals surface area contributed by atoms with Gasteiger partial charge < -0.3 is 10.2 Å². The quantitative estimate of drug-likeness (QED) is 0.739. The minimum absolute atomic E-state index is 0.152. The Kier molecular flexibility index (Phi) is 7.95. The Morgan fingerprint density at radius 1 is 1.12 bits per heavy atom. The summed E-state index contributed by atoms with van der Waals surface area (Å²) in [6, 6.07) is 2.93. The molecule has 0 aliphatic carbocycles. The third-order valence-corrected chi connectivity index (χ3v) is 4.46. The lowest BCUT2D eigenvalue weighted by Gasteiger charge is -2.19. The number of nitrogens with zero attached hydrogens (tertiary/aromatic N) is 3. The van der Waals surface area contributed by atoms with E-state index in [1.807, 2.05) is 0 Å². The van der Waals surface area contributed by atoms with E-state index in [1.54, 1.807) is 0 Å². The van der Waals surface area contributed by atoms with E-state index < -0.39 is 0 Å². The number of carbonyl (C=O) groups is 1. The molecule has 2 rings (SSSR count). The molecule has 1 fully saturated rings. The average Bonchev–Trinajstić information content (AvgIpc) is 2.86. The Bertz CT molecular complexity index is 562. The smallest absolute Gasteiger partial charge is 0.271 e. The van der Waals surface area contributed by atoms with Gasteiger partial charge in [-0.3, -0.25) is 9.59 Å². The Morgan fingerprint density at radius 3 is 2.58 bits per heavy atom. The maximum absolute atomic E-state index is 12.2. The first-order valence-electron chi connectivity index (χ1n) is 9.29. The number of unbranched alkanes of at least 4 members (excludes halogenated alkanes) is 1. The third-order valence-electron chi connectivity index (χ3n) is 4.46. The lowest BCUT2D eigenvalue weighted by atomic mass is 10.2. The van der Waals surface area contributed by atoms with Gasteiger partial charge in [0, 0.05) is 19.2 Å². The molecule has 1 aliphatic rings. The number of rotatable bonds is 8. The van der Waals surface area contributed by atoms with E-state index in [0.29, 0.717) is 18.8 Å². The van der Waals surface area contributed by atoms with Crippen LogP contribution < -0.4 is 10.9 Å². The van der Waals surface area contributed by atoms with Gasteiger partial charge in [0.05, 0.1) is 0 Å². The van der Waals surface area contributed by atoms with Gasteiger partial charge in [-0.1, -0.05) is 26.2 Å². The van der Waals surface area contributed by atoms with Crippen LogP contribution in [-0.2, 0) is 6.54 Å². The van der Waals surface area contributed by atoms with Crippen molar-refractivity contribution in [2.45, 2.75) is 58.4 Å². The highest BCUT2D eigenvalue weighted by Gasteiger charge is 2.11. The molecule has 1 aromatic heterocycles. The molecule has 0 radical (unpaired) electrons. The molecule has 2 heterocycles. The van der Waals surface area contributed by atoms with E-state index in [-0.39, 0.29) is 11.5 Å². The van der Waals surface area contributed by atoms with Gasteiger partial charge in [0.1, 0.15) is 5.69 Å². The molecule has 1 aliphatic heterocycles. The van der Waals surface area contributed by atoms with Gasteiger partial charge in [-0.15, -0.1) is 0 Å². The summed E-state index contributed by atoms with van der Waals surface area (Å²) in [7, 11) is 0. The fourth-order valence-corrected chi connectivity index (χ4v) is 2.99. The number of likely N-dealkylation sites (tertiary alicyclic amines) is 1. The van der Waals surface area contributed by atoms with Crippen molar-refractivity contribution in [1.29, 1.82) is 0 Å². The molecule has 134 valence electrons. The zero-order valence-corrected chi connectivity index (χ0v) is 14.8. The molecular weight excluding hydrogens is 304 g/mol.